The molecule has 122 valence electrons. The van der Waals surface area contributed by atoms with Crippen LogP contribution in [0.1, 0.15) is 32.8 Å². The number of carbonyl (C=O) groups is 1. The molecule has 22 heavy (non-hydrogen) atoms. The summed E-state index contributed by atoms with van der Waals surface area (Å²) in [6.07, 6.45) is 0.628. The van der Waals surface area contributed by atoms with E-state index < -0.39 is 9.84 Å². The van der Waals surface area contributed by atoms with Crippen LogP contribution in [-0.4, -0.2) is 32.5 Å². The molecule has 1 saturated heterocycles. The lowest BCUT2D eigenvalue weighted by Crippen LogP contribution is -2.33. The van der Waals surface area contributed by atoms with E-state index in [9.17, 15) is 13.2 Å². The first kappa shape index (κ1) is 16.8. The molecule has 5 nitrogen and oxygen atoms in total. The third kappa shape index (κ3) is 4.73. The average molecular weight is 324 g/mol. The molecule has 2 N–H and O–H groups in total. The standard InChI is InChI=1S/C16H24N2O3S/c1-16(2,3)13-4-6-14(7-5-13)18-15(19)17-10-12-8-9-22(20,21)11-12/h4-7,12H,8-11H2,1-3H3,(H2,17,18,19). The minimum absolute atomic E-state index is 0.0269. The Morgan fingerprint density at radius 1 is 1.23 bits per heavy atom. The second-order valence-corrected chi connectivity index (χ2v) is 9.16. The fraction of sp³-hybridized carbons (Fsp3) is 0.562. The van der Waals surface area contributed by atoms with E-state index in [-0.39, 0.29) is 28.9 Å². The van der Waals surface area contributed by atoms with E-state index in [4.69, 9.17) is 0 Å². The molecule has 0 radical (unpaired) electrons. The molecular weight excluding hydrogens is 300 g/mol. The topological polar surface area (TPSA) is 75.3 Å². The molecule has 2 amide bonds. The molecule has 1 unspecified atom stereocenters. The maximum Gasteiger partial charge on any atom is 0.319 e. The van der Waals surface area contributed by atoms with Crippen LogP contribution in [0, 0.1) is 5.92 Å². The van der Waals surface area contributed by atoms with Gasteiger partial charge in [0.1, 0.15) is 0 Å². The number of nitrogens with one attached hydrogen (secondary N) is 2. The molecule has 1 aromatic rings. The number of urea groups is 1. The van der Waals surface area contributed by atoms with Gasteiger partial charge in [-0.25, -0.2) is 13.2 Å². The number of benzene rings is 1. The highest BCUT2D eigenvalue weighted by atomic mass is 32.2. The van der Waals surface area contributed by atoms with Crippen LogP contribution in [0.4, 0.5) is 10.5 Å². The van der Waals surface area contributed by atoms with Crippen molar-refractivity contribution in [2.75, 3.05) is 23.4 Å². The van der Waals surface area contributed by atoms with Crippen molar-refractivity contribution in [1.29, 1.82) is 0 Å². The predicted molar refractivity (Wildman–Crippen MR) is 88.9 cm³/mol. The first-order valence-electron chi connectivity index (χ1n) is 7.51. The minimum Gasteiger partial charge on any atom is -0.338 e. The van der Waals surface area contributed by atoms with Gasteiger partial charge in [-0.3, -0.25) is 0 Å². The molecule has 2 rings (SSSR count). The van der Waals surface area contributed by atoms with Gasteiger partial charge in [0.15, 0.2) is 9.84 Å². The molecule has 1 fully saturated rings. The van der Waals surface area contributed by atoms with E-state index in [0.717, 1.165) is 5.69 Å². The Bertz CT molecular complexity index is 630. The van der Waals surface area contributed by atoms with Crippen LogP contribution in [-0.2, 0) is 15.3 Å². The molecule has 0 aliphatic carbocycles. The Balaban J connectivity index is 1.82. The van der Waals surface area contributed by atoms with E-state index in [1.54, 1.807) is 0 Å². The number of rotatable bonds is 3. The molecular formula is C16H24N2O3S. The summed E-state index contributed by atoms with van der Waals surface area (Å²) in [5.41, 5.74) is 2.01. The lowest BCUT2D eigenvalue weighted by atomic mass is 9.87. The Kier molecular flexibility index (Phi) is 4.80. The van der Waals surface area contributed by atoms with Gasteiger partial charge in [-0.05, 0) is 35.4 Å². The van der Waals surface area contributed by atoms with Crippen LogP contribution >= 0.6 is 0 Å². The van der Waals surface area contributed by atoms with Crippen molar-refractivity contribution in [3.63, 3.8) is 0 Å². The predicted octanol–water partition coefficient (Wildman–Crippen LogP) is 2.54. The van der Waals surface area contributed by atoms with E-state index >= 15 is 0 Å². The summed E-state index contributed by atoms with van der Waals surface area (Å²) >= 11 is 0. The smallest absolute Gasteiger partial charge is 0.319 e. The third-order valence-electron chi connectivity index (χ3n) is 3.89. The van der Waals surface area contributed by atoms with E-state index in [1.807, 2.05) is 24.3 Å². The Morgan fingerprint density at radius 2 is 1.86 bits per heavy atom. The number of hydrogen-bond acceptors (Lipinski definition) is 3. The highest BCUT2D eigenvalue weighted by Gasteiger charge is 2.27. The van der Waals surface area contributed by atoms with Crippen molar-refractivity contribution in [3.05, 3.63) is 29.8 Å². The fourth-order valence-corrected chi connectivity index (χ4v) is 4.36. The van der Waals surface area contributed by atoms with Gasteiger partial charge < -0.3 is 10.6 Å². The highest BCUT2D eigenvalue weighted by Crippen LogP contribution is 2.23. The first-order chi connectivity index (χ1) is 10.2. The summed E-state index contributed by atoms with van der Waals surface area (Å²) in [6, 6.07) is 7.45. The third-order valence-corrected chi connectivity index (χ3v) is 5.72. The van der Waals surface area contributed by atoms with Crippen LogP contribution in [0.15, 0.2) is 24.3 Å². The maximum atomic E-state index is 11.8. The summed E-state index contributed by atoms with van der Waals surface area (Å²) in [6.45, 7) is 6.80. The summed E-state index contributed by atoms with van der Waals surface area (Å²) in [5.74, 6) is 0.432. The molecule has 1 aromatic carbocycles. The van der Waals surface area contributed by atoms with Crippen molar-refractivity contribution in [2.45, 2.75) is 32.6 Å². The van der Waals surface area contributed by atoms with Crippen LogP contribution in [0.5, 0.6) is 0 Å². The maximum absolute atomic E-state index is 11.8. The molecule has 0 bridgehead atoms. The van der Waals surface area contributed by atoms with Crippen molar-refractivity contribution in [2.24, 2.45) is 5.92 Å². The molecule has 1 heterocycles. The van der Waals surface area contributed by atoms with Crippen LogP contribution < -0.4 is 10.6 Å². The Hall–Kier alpha value is -1.56. The van der Waals surface area contributed by atoms with Gasteiger partial charge in [-0.2, -0.15) is 0 Å². The zero-order chi connectivity index (χ0) is 16.4. The summed E-state index contributed by atoms with van der Waals surface area (Å²) in [7, 11) is -2.89. The van der Waals surface area contributed by atoms with Crippen LogP contribution in [0.25, 0.3) is 0 Å². The fourth-order valence-electron chi connectivity index (χ4n) is 2.50. The van der Waals surface area contributed by atoms with Crippen LogP contribution in [0.3, 0.4) is 0 Å². The van der Waals surface area contributed by atoms with E-state index in [0.29, 0.717) is 13.0 Å². The Labute approximate surface area is 132 Å². The van der Waals surface area contributed by atoms with Crippen molar-refractivity contribution in [3.8, 4) is 0 Å². The zero-order valence-corrected chi connectivity index (χ0v) is 14.2. The van der Waals surface area contributed by atoms with Gasteiger partial charge in [0.05, 0.1) is 11.5 Å². The molecule has 0 spiro atoms. The monoisotopic (exact) mass is 324 g/mol. The van der Waals surface area contributed by atoms with Gasteiger partial charge in [0, 0.05) is 12.2 Å². The van der Waals surface area contributed by atoms with E-state index in [1.165, 1.54) is 5.56 Å². The average Bonchev–Trinajstić information content (AvgIpc) is 2.76. The van der Waals surface area contributed by atoms with Crippen LogP contribution in [0.2, 0.25) is 0 Å². The molecule has 1 aliphatic rings. The minimum atomic E-state index is -2.89. The largest absolute Gasteiger partial charge is 0.338 e. The highest BCUT2D eigenvalue weighted by molar-refractivity contribution is 7.91. The Morgan fingerprint density at radius 3 is 2.36 bits per heavy atom. The summed E-state index contributed by atoms with van der Waals surface area (Å²) < 4.78 is 22.7. The number of hydrogen-bond donors (Lipinski definition) is 2. The van der Waals surface area contributed by atoms with Gasteiger partial charge in [-0.15, -0.1) is 0 Å². The van der Waals surface area contributed by atoms with Gasteiger partial charge in [0.2, 0.25) is 0 Å². The molecule has 1 aliphatic heterocycles. The molecule has 1 atom stereocenters. The van der Waals surface area contributed by atoms with Crippen molar-refractivity contribution in [1.82, 2.24) is 5.32 Å². The number of carbonyl (C=O) groups excluding carboxylic acids is 1. The SMILES string of the molecule is CC(C)(C)c1ccc(NC(=O)NCC2CCS(=O)(=O)C2)cc1. The number of amides is 2. The summed E-state index contributed by atoms with van der Waals surface area (Å²) in [5, 5.41) is 5.51. The second-order valence-electron chi connectivity index (χ2n) is 6.93. The summed E-state index contributed by atoms with van der Waals surface area (Å²) in [4.78, 5) is 11.8. The molecule has 6 heteroatoms. The number of anilines is 1. The van der Waals surface area contributed by atoms with Crippen molar-refractivity contribution >= 4 is 21.6 Å². The first-order valence-corrected chi connectivity index (χ1v) is 9.34. The zero-order valence-electron chi connectivity index (χ0n) is 13.3. The number of sulfone groups is 1. The quantitative estimate of drug-likeness (QED) is 0.897. The molecule has 0 aromatic heterocycles. The second kappa shape index (κ2) is 6.28. The van der Waals surface area contributed by atoms with E-state index in [2.05, 4.69) is 31.4 Å². The van der Waals surface area contributed by atoms with Gasteiger partial charge in [0.25, 0.3) is 0 Å². The van der Waals surface area contributed by atoms with Crippen molar-refractivity contribution < 1.29 is 13.2 Å². The van der Waals surface area contributed by atoms with Gasteiger partial charge in [-0.1, -0.05) is 32.9 Å². The molecule has 0 saturated carbocycles. The lowest BCUT2D eigenvalue weighted by Gasteiger charge is -2.19. The lowest BCUT2D eigenvalue weighted by molar-refractivity contribution is 0.250. The van der Waals surface area contributed by atoms with Gasteiger partial charge >= 0.3 is 6.03 Å². The normalized spacial score (nSPS) is 20.6.